The molecule has 29 heavy (non-hydrogen) atoms. The van der Waals surface area contributed by atoms with E-state index >= 15 is 0 Å². The number of hydrogen-bond acceptors (Lipinski definition) is 5. The molecule has 0 saturated heterocycles. The predicted octanol–water partition coefficient (Wildman–Crippen LogP) is 3.21. The Bertz CT molecular complexity index is 788. The van der Waals surface area contributed by atoms with Gasteiger partial charge < -0.3 is 5.32 Å². The fourth-order valence-electron chi connectivity index (χ4n) is 3.20. The van der Waals surface area contributed by atoms with E-state index in [0.29, 0.717) is 12.8 Å². The molecular formula is C15H21F6NO5S2. The first-order valence-electron chi connectivity index (χ1n) is 8.51. The Labute approximate surface area is 164 Å². The second-order valence-corrected chi connectivity index (χ2v) is 11.3. The standard InChI is InChI=1S/C15H21F6NO5S2/c1-9(2)12(23)22-11-8-6-4-3-5-7-10(11)13(28(24,25)14(16,17)18)29(26,27)15(19,20)21/h10-11,13H,1,3-8H2,2H3,(H,22,23). The number of sulfone groups is 2. The van der Waals surface area contributed by atoms with Crippen molar-refractivity contribution in [1.29, 1.82) is 0 Å². The molecule has 1 aliphatic rings. The summed E-state index contributed by atoms with van der Waals surface area (Å²) in [7, 11) is -13.6. The van der Waals surface area contributed by atoms with Gasteiger partial charge in [0.15, 0.2) is 4.58 Å². The van der Waals surface area contributed by atoms with Crippen LogP contribution in [0.15, 0.2) is 12.2 Å². The minimum atomic E-state index is -6.78. The van der Waals surface area contributed by atoms with Crippen molar-refractivity contribution in [2.24, 2.45) is 5.92 Å². The van der Waals surface area contributed by atoms with E-state index in [-0.39, 0.29) is 24.8 Å². The Balaban J connectivity index is 3.67. The van der Waals surface area contributed by atoms with Crippen LogP contribution < -0.4 is 5.32 Å². The van der Waals surface area contributed by atoms with Crippen LogP contribution >= 0.6 is 0 Å². The van der Waals surface area contributed by atoms with Crippen molar-refractivity contribution >= 4 is 25.6 Å². The first-order valence-corrected chi connectivity index (χ1v) is 11.6. The smallest absolute Gasteiger partial charge is 0.349 e. The van der Waals surface area contributed by atoms with Gasteiger partial charge in [-0.3, -0.25) is 4.79 Å². The molecule has 0 bridgehead atoms. The van der Waals surface area contributed by atoms with Gasteiger partial charge in [-0.05, 0) is 19.8 Å². The summed E-state index contributed by atoms with van der Waals surface area (Å²) in [6.07, 6.45) is 0.415. The summed E-state index contributed by atoms with van der Waals surface area (Å²) in [6, 6.07) is -1.53. The largest absolute Gasteiger partial charge is 0.498 e. The maximum Gasteiger partial charge on any atom is 0.498 e. The highest BCUT2D eigenvalue weighted by atomic mass is 32.3. The van der Waals surface area contributed by atoms with Crippen molar-refractivity contribution in [3.05, 3.63) is 12.2 Å². The molecular weight excluding hydrogens is 452 g/mol. The van der Waals surface area contributed by atoms with Crippen LogP contribution in [0.25, 0.3) is 0 Å². The van der Waals surface area contributed by atoms with Crippen LogP contribution in [0.2, 0.25) is 0 Å². The molecule has 0 aliphatic heterocycles. The summed E-state index contributed by atoms with van der Waals surface area (Å²) in [5.74, 6) is -3.06. The maximum atomic E-state index is 13.1. The van der Waals surface area contributed by atoms with Crippen molar-refractivity contribution in [1.82, 2.24) is 5.32 Å². The third-order valence-electron chi connectivity index (χ3n) is 4.63. The molecule has 1 aliphatic carbocycles. The fourth-order valence-corrected chi connectivity index (χ4v) is 7.29. The maximum absolute atomic E-state index is 13.1. The molecule has 2 unspecified atom stereocenters. The Morgan fingerprint density at radius 2 is 1.31 bits per heavy atom. The van der Waals surface area contributed by atoms with E-state index in [4.69, 9.17) is 0 Å². The highest BCUT2D eigenvalue weighted by Crippen LogP contribution is 2.43. The lowest BCUT2D eigenvalue weighted by molar-refractivity contribution is -0.118. The Morgan fingerprint density at radius 3 is 1.69 bits per heavy atom. The Hall–Kier alpha value is -1.31. The molecule has 1 fully saturated rings. The zero-order valence-corrected chi connectivity index (χ0v) is 16.9. The van der Waals surface area contributed by atoms with E-state index in [1.807, 2.05) is 0 Å². The number of alkyl halides is 6. The summed E-state index contributed by atoms with van der Waals surface area (Å²) in [6.45, 7) is 4.53. The molecule has 0 spiro atoms. The molecule has 0 heterocycles. The van der Waals surface area contributed by atoms with Crippen molar-refractivity contribution in [3.63, 3.8) is 0 Å². The van der Waals surface area contributed by atoms with Crippen molar-refractivity contribution in [2.75, 3.05) is 0 Å². The van der Waals surface area contributed by atoms with Crippen LogP contribution in [0.4, 0.5) is 26.3 Å². The number of hydrogen-bond donors (Lipinski definition) is 1. The summed E-state index contributed by atoms with van der Waals surface area (Å²) >= 11 is 0. The predicted molar refractivity (Wildman–Crippen MR) is 91.7 cm³/mol. The lowest BCUT2D eigenvalue weighted by Gasteiger charge is -2.35. The highest BCUT2D eigenvalue weighted by Gasteiger charge is 2.65. The second kappa shape index (κ2) is 8.82. The van der Waals surface area contributed by atoms with Crippen LogP contribution in [-0.4, -0.2) is 44.4 Å². The van der Waals surface area contributed by atoms with E-state index in [0.717, 1.165) is 0 Å². The Kier molecular flexibility index (Phi) is 7.82. The molecule has 14 heteroatoms. The van der Waals surface area contributed by atoms with Gasteiger partial charge in [0.05, 0.1) is 0 Å². The molecule has 1 saturated carbocycles. The topological polar surface area (TPSA) is 97.4 Å². The molecule has 6 nitrogen and oxygen atoms in total. The van der Waals surface area contributed by atoms with Gasteiger partial charge in [0.25, 0.3) is 19.7 Å². The lowest BCUT2D eigenvalue weighted by Crippen LogP contribution is -2.55. The van der Waals surface area contributed by atoms with E-state index in [1.54, 1.807) is 0 Å². The van der Waals surface area contributed by atoms with Gasteiger partial charge in [-0.15, -0.1) is 0 Å². The van der Waals surface area contributed by atoms with Gasteiger partial charge in [0, 0.05) is 17.5 Å². The quantitative estimate of drug-likeness (QED) is 0.489. The summed E-state index contributed by atoms with van der Waals surface area (Å²) in [5, 5.41) is 2.16. The van der Waals surface area contributed by atoms with Gasteiger partial charge in [0.2, 0.25) is 5.91 Å². The van der Waals surface area contributed by atoms with Gasteiger partial charge in [-0.1, -0.05) is 32.3 Å². The van der Waals surface area contributed by atoms with Crippen LogP contribution in [0, 0.1) is 5.92 Å². The average Bonchev–Trinajstić information content (AvgIpc) is 2.50. The molecule has 2 atom stereocenters. The van der Waals surface area contributed by atoms with Gasteiger partial charge in [-0.2, -0.15) is 26.3 Å². The number of amides is 1. The van der Waals surface area contributed by atoms with Gasteiger partial charge in [-0.25, -0.2) is 16.8 Å². The lowest BCUT2D eigenvalue weighted by atomic mass is 9.87. The molecule has 170 valence electrons. The average molecular weight is 473 g/mol. The highest BCUT2D eigenvalue weighted by molar-refractivity contribution is 8.09. The molecule has 0 radical (unpaired) electrons. The first kappa shape index (κ1) is 25.7. The second-order valence-electron chi connectivity index (χ2n) is 6.87. The van der Waals surface area contributed by atoms with Crippen molar-refractivity contribution in [3.8, 4) is 0 Å². The number of nitrogens with one attached hydrogen (secondary N) is 1. The number of carbonyl (C=O) groups excluding carboxylic acids is 1. The zero-order chi connectivity index (χ0) is 22.8. The minimum absolute atomic E-state index is 0.00135. The fraction of sp³-hybridized carbons (Fsp3) is 0.800. The van der Waals surface area contributed by atoms with Gasteiger partial charge >= 0.3 is 11.0 Å². The van der Waals surface area contributed by atoms with E-state index < -0.39 is 59.6 Å². The summed E-state index contributed by atoms with van der Waals surface area (Å²) in [4.78, 5) is 11.9. The Morgan fingerprint density at radius 1 is 0.897 bits per heavy atom. The van der Waals surface area contributed by atoms with Crippen molar-refractivity contribution < 1.29 is 48.0 Å². The number of rotatable bonds is 5. The molecule has 1 rings (SSSR count). The molecule has 0 aromatic carbocycles. The molecule has 0 aromatic rings. The summed E-state index contributed by atoms with van der Waals surface area (Å²) < 4.78 is 123. The molecule has 1 amide bonds. The number of carbonyl (C=O) groups is 1. The first-order chi connectivity index (χ1) is 12.9. The van der Waals surface area contributed by atoms with Gasteiger partial charge in [0.1, 0.15) is 0 Å². The van der Waals surface area contributed by atoms with Crippen LogP contribution in [0.3, 0.4) is 0 Å². The van der Waals surface area contributed by atoms with E-state index in [2.05, 4.69) is 11.9 Å². The zero-order valence-electron chi connectivity index (χ0n) is 15.3. The van der Waals surface area contributed by atoms with Crippen LogP contribution in [0.5, 0.6) is 0 Å². The third kappa shape index (κ3) is 5.64. The van der Waals surface area contributed by atoms with Crippen LogP contribution in [-0.2, 0) is 24.5 Å². The SMILES string of the molecule is C=C(C)C(=O)NC1CCCCCCC1C(S(=O)(=O)C(F)(F)F)S(=O)(=O)C(F)(F)F. The monoisotopic (exact) mass is 473 g/mol. The van der Waals surface area contributed by atoms with E-state index in [1.165, 1.54) is 6.92 Å². The summed E-state index contributed by atoms with van der Waals surface area (Å²) in [5.41, 5.74) is -12.6. The minimum Gasteiger partial charge on any atom is -0.349 e. The van der Waals surface area contributed by atoms with E-state index in [9.17, 15) is 48.0 Å². The normalized spacial score (nSPS) is 22.6. The molecule has 1 N–H and O–H groups in total. The van der Waals surface area contributed by atoms with Crippen molar-refractivity contribution in [2.45, 2.75) is 67.1 Å². The third-order valence-corrected chi connectivity index (χ3v) is 9.36. The van der Waals surface area contributed by atoms with Crippen LogP contribution in [0.1, 0.15) is 45.4 Å². The number of halogens is 6. The molecule has 0 aromatic heterocycles.